The number of carboxylic acids is 1. The van der Waals surface area contributed by atoms with Gasteiger partial charge in [0.1, 0.15) is 5.75 Å². The van der Waals surface area contributed by atoms with Gasteiger partial charge in [0.15, 0.2) is 0 Å². The van der Waals surface area contributed by atoms with Crippen LogP contribution in [0.1, 0.15) is 18.4 Å². The fourth-order valence-corrected chi connectivity index (χ4v) is 2.48. The first-order chi connectivity index (χ1) is 8.70. The lowest BCUT2D eigenvalue weighted by Crippen LogP contribution is -2.38. The van der Waals surface area contributed by atoms with E-state index in [2.05, 4.69) is 4.90 Å². The molecule has 1 saturated heterocycles. The highest BCUT2D eigenvalue weighted by atomic mass is 35.5. The Kier molecular flexibility index (Phi) is 6.12. The highest BCUT2D eigenvalue weighted by molar-refractivity contribution is 5.85. The van der Waals surface area contributed by atoms with Crippen molar-refractivity contribution in [1.82, 2.24) is 4.90 Å². The fraction of sp³-hybridized carbons (Fsp3) is 0.500. The lowest BCUT2D eigenvalue weighted by Gasteiger charge is -2.30. The topological polar surface area (TPSA) is 49.8 Å². The van der Waals surface area contributed by atoms with Crippen molar-refractivity contribution in [2.75, 3.05) is 20.2 Å². The molecule has 1 aromatic carbocycles. The molecular formula is C14H20ClNO3. The quantitative estimate of drug-likeness (QED) is 0.923. The average Bonchev–Trinajstić information content (AvgIpc) is 2.39. The Morgan fingerprint density at radius 1 is 1.47 bits per heavy atom. The number of hydrogen-bond acceptors (Lipinski definition) is 3. The Balaban J connectivity index is 0.00000180. The number of hydrogen-bond donors (Lipinski definition) is 1. The van der Waals surface area contributed by atoms with Crippen LogP contribution in [-0.4, -0.2) is 36.2 Å². The summed E-state index contributed by atoms with van der Waals surface area (Å²) >= 11 is 0. The number of benzene rings is 1. The van der Waals surface area contributed by atoms with E-state index in [0.29, 0.717) is 6.54 Å². The number of piperidine rings is 1. The van der Waals surface area contributed by atoms with Gasteiger partial charge in [-0.25, -0.2) is 0 Å². The third-order valence-electron chi connectivity index (χ3n) is 3.44. The zero-order valence-corrected chi connectivity index (χ0v) is 11.9. The van der Waals surface area contributed by atoms with E-state index in [1.165, 1.54) is 0 Å². The first-order valence-corrected chi connectivity index (χ1v) is 6.27. The maximum absolute atomic E-state index is 11.0. The third-order valence-corrected chi connectivity index (χ3v) is 3.44. The zero-order chi connectivity index (χ0) is 13.0. The maximum atomic E-state index is 11.0. The van der Waals surface area contributed by atoms with Crippen molar-refractivity contribution in [2.45, 2.75) is 19.4 Å². The van der Waals surface area contributed by atoms with Crippen LogP contribution in [0.4, 0.5) is 0 Å². The van der Waals surface area contributed by atoms with Crippen LogP contribution in [0.15, 0.2) is 24.3 Å². The van der Waals surface area contributed by atoms with Crippen LogP contribution in [-0.2, 0) is 11.3 Å². The van der Waals surface area contributed by atoms with Crippen LogP contribution in [0.5, 0.6) is 5.75 Å². The molecule has 0 bridgehead atoms. The molecular weight excluding hydrogens is 266 g/mol. The Labute approximate surface area is 119 Å². The number of para-hydroxylation sites is 1. The second kappa shape index (κ2) is 7.36. The molecule has 0 aliphatic carbocycles. The van der Waals surface area contributed by atoms with Crippen molar-refractivity contribution in [3.8, 4) is 5.75 Å². The van der Waals surface area contributed by atoms with Gasteiger partial charge in [-0.15, -0.1) is 12.4 Å². The molecule has 1 N–H and O–H groups in total. The summed E-state index contributed by atoms with van der Waals surface area (Å²) in [5, 5.41) is 9.07. The molecule has 1 heterocycles. The van der Waals surface area contributed by atoms with Gasteiger partial charge in [0.2, 0.25) is 0 Å². The molecule has 1 fully saturated rings. The number of likely N-dealkylation sites (tertiary alicyclic amines) is 1. The van der Waals surface area contributed by atoms with Gasteiger partial charge in [0.25, 0.3) is 0 Å². The van der Waals surface area contributed by atoms with Gasteiger partial charge in [-0.3, -0.25) is 9.69 Å². The summed E-state index contributed by atoms with van der Waals surface area (Å²) in [7, 11) is 1.66. The monoisotopic (exact) mass is 285 g/mol. The molecule has 106 valence electrons. The number of halogens is 1. The van der Waals surface area contributed by atoms with Crippen molar-refractivity contribution in [2.24, 2.45) is 5.92 Å². The van der Waals surface area contributed by atoms with Crippen molar-refractivity contribution >= 4 is 18.4 Å². The lowest BCUT2D eigenvalue weighted by molar-refractivity contribution is -0.143. The molecule has 0 saturated carbocycles. The molecule has 5 heteroatoms. The molecule has 1 aromatic rings. The SMILES string of the molecule is COc1ccccc1CN1CCCC(C(=O)O)C1.Cl. The molecule has 19 heavy (non-hydrogen) atoms. The number of methoxy groups -OCH3 is 1. The van der Waals surface area contributed by atoms with E-state index in [1.807, 2.05) is 24.3 Å². The first kappa shape index (κ1) is 15.8. The lowest BCUT2D eigenvalue weighted by atomic mass is 9.98. The van der Waals surface area contributed by atoms with Gasteiger partial charge >= 0.3 is 5.97 Å². The van der Waals surface area contributed by atoms with Crippen LogP contribution in [0.2, 0.25) is 0 Å². The predicted octanol–water partition coefficient (Wildman–Crippen LogP) is 2.41. The van der Waals surface area contributed by atoms with Crippen LogP contribution >= 0.6 is 12.4 Å². The maximum Gasteiger partial charge on any atom is 0.307 e. The van der Waals surface area contributed by atoms with Crippen molar-refractivity contribution in [1.29, 1.82) is 0 Å². The predicted molar refractivity (Wildman–Crippen MR) is 75.9 cm³/mol. The summed E-state index contributed by atoms with van der Waals surface area (Å²) in [5.41, 5.74) is 1.12. The summed E-state index contributed by atoms with van der Waals surface area (Å²) in [6.45, 7) is 2.35. The standard InChI is InChI=1S/C14H19NO3.ClH/c1-18-13-7-3-2-5-11(13)9-15-8-4-6-12(10-15)14(16)17;/h2-3,5,7,12H,4,6,8-10H2,1H3,(H,16,17);1H. The van der Waals surface area contributed by atoms with Crippen LogP contribution in [0.25, 0.3) is 0 Å². The minimum Gasteiger partial charge on any atom is -0.496 e. The van der Waals surface area contributed by atoms with Gasteiger partial charge in [-0.1, -0.05) is 18.2 Å². The zero-order valence-electron chi connectivity index (χ0n) is 11.0. The molecule has 0 spiro atoms. The van der Waals surface area contributed by atoms with Gasteiger partial charge in [-0.2, -0.15) is 0 Å². The molecule has 1 atom stereocenters. The molecule has 1 unspecified atom stereocenters. The molecule has 1 aliphatic heterocycles. The van der Waals surface area contributed by atoms with E-state index in [9.17, 15) is 4.79 Å². The Bertz CT molecular complexity index is 425. The van der Waals surface area contributed by atoms with E-state index in [-0.39, 0.29) is 18.3 Å². The highest BCUT2D eigenvalue weighted by Crippen LogP contribution is 2.23. The summed E-state index contributed by atoms with van der Waals surface area (Å²) in [6.07, 6.45) is 1.74. The number of carbonyl (C=O) groups is 1. The third kappa shape index (κ3) is 4.11. The molecule has 0 aromatic heterocycles. The molecule has 4 nitrogen and oxygen atoms in total. The molecule has 2 rings (SSSR count). The first-order valence-electron chi connectivity index (χ1n) is 6.27. The highest BCUT2D eigenvalue weighted by Gasteiger charge is 2.25. The summed E-state index contributed by atoms with van der Waals surface area (Å²) in [4.78, 5) is 13.2. The number of carboxylic acid groups (broad SMARTS) is 1. The van der Waals surface area contributed by atoms with E-state index in [4.69, 9.17) is 9.84 Å². The minimum absolute atomic E-state index is 0. The van der Waals surface area contributed by atoms with Crippen LogP contribution in [0.3, 0.4) is 0 Å². The summed E-state index contributed by atoms with van der Waals surface area (Å²) < 4.78 is 5.32. The van der Waals surface area contributed by atoms with E-state index in [0.717, 1.165) is 37.2 Å². The molecule has 0 radical (unpaired) electrons. The summed E-state index contributed by atoms with van der Waals surface area (Å²) in [5.74, 6) is -0.0388. The largest absolute Gasteiger partial charge is 0.496 e. The molecule has 1 aliphatic rings. The van der Waals surface area contributed by atoms with Crippen molar-refractivity contribution in [3.05, 3.63) is 29.8 Å². The van der Waals surface area contributed by atoms with Crippen molar-refractivity contribution in [3.63, 3.8) is 0 Å². The Morgan fingerprint density at radius 3 is 2.89 bits per heavy atom. The average molecular weight is 286 g/mol. The second-order valence-corrected chi connectivity index (χ2v) is 4.72. The normalized spacial score (nSPS) is 19.5. The summed E-state index contributed by atoms with van der Waals surface area (Å²) in [6, 6.07) is 7.90. The fourth-order valence-electron chi connectivity index (χ4n) is 2.48. The Hall–Kier alpha value is -1.26. The van der Waals surface area contributed by atoms with Gasteiger partial charge in [0, 0.05) is 18.7 Å². The van der Waals surface area contributed by atoms with Crippen LogP contribution < -0.4 is 4.74 Å². The Morgan fingerprint density at radius 2 is 2.21 bits per heavy atom. The van der Waals surface area contributed by atoms with E-state index < -0.39 is 5.97 Å². The van der Waals surface area contributed by atoms with Gasteiger partial charge in [-0.05, 0) is 25.5 Å². The number of nitrogens with zero attached hydrogens (tertiary/aromatic N) is 1. The van der Waals surface area contributed by atoms with Crippen molar-refractivity contribution < 1.29 is 14.6 Å². The smallest absolute Gasteiger partial charge is 0.307 e. The number of aliphatic carboxylic acids is 1. The number of ether oxygens (including phenoxy) is 1. The second-order valence-electron chi connectivity index (χ2n) is 4.72. The van der Waals surface area contributed by atoms with E-state index >= 15 is 0 Å². The number of rotatable bonds is 4. The molecule has 0 amide bonds. The van der Waals surface area contributed by atoms with Crippen LogP contribution in [0, 0.1) is 5.92 Å². The van der Waals surface area contributed by atoms with E-state index in [1.54, 1.807) is 7.11 Å². The van der Waals surface area contributed by atoms with Gasteiger partial charge in [0.05, 0.1) is 13.0 Å². The minimum atomic E-state index is -0.681. The van der Waals surface area contributed by atoms with Gasteiger partial charge < -0.3 is 9.84 Å².